The molecule has 32 heavy (non-hydrogen) atoms. The van der Waals surface area contributed by atoms with Gasteiger partial charge >= 0.3 is 0 Å². The summed E-state index contributed by atoms with van der Waals surface area (Å²) in [4.78, 5) is 0. The first-order valence-electron chi connectivity index (χ1n) is 12.4. The minimum absolute atomic E-state index is 0.118. The summed E-state index contributed by atoms with van der Waals surface area (Å²) in [6.45, 7) is 1.60. The van der Waals surface area contributed by atoms with Gasteiger partial charge < -0.3 is 40.7 Å². The highest BCUT2D eigenvalue weighted by atomic mass is 16.7. The van der Waals surface area contributed by atoms with Crippen molar-refractivity contribution in [3.63, 3.8) is 0 Å². The monoisotopic (exact) mass is 461 g/mol. The summed E-state index contributed by atoms with van der Waals surface area (Å²) in [5, 5.41) is 48.8. The fraction of sp³-hybridized carbons (Fsp3) is 0.917. The molecule has 2 unspecified atom stereocenters. The summed E-state index contributed by atoms with van der Waals surface area (Å²) >= 11 is 0. The Hall–Kier alpha value is -0.580. The first-order chi connectivity index (χ1) is 15.4. The van der Waals surface area contributed by atoms with Gasteiger partial charge in [-0.15, -0.1) is 0 Å². The second-order valence-corrected chi connectivity index (χ2v) is 8.94. The van der Waals surface area contributed by atoms with E-state index in [0.29, 0.717) is 0 Å². The van der Waals surface area contributed by atoms with Crippen LogP contribution in [0, 0.1) is 0 Å². The minimum Gasteiger partial charge on any atom is -0.394 e. The Balaban J connectivity index is 2.10. The van der Waals surface area contributed by atoms with E-state index in [1.54, 1.807) is 6.08 Å². The van der Waals surface area contributed by atoms with E-state index in [2.05, 4.69) is 6.92 Å². The van der Waals surface area contributed by atoms with E-state index in [9.17, 15) is 25.5 Å². The topological polar surface area (TPSA) is 146 Å². The van der Waals surface area contributed by atoms with E-state index in [1.807, 2.05) is 6.08 Å². The molecule has 1 saturated heterocycles. The zero-order valence-electron chi connectivity index (χ0n) is 19.7. The van der Waals surface area contributed by atoms with Crippen LogP contribution in [-0.4, -0.2) is 81.6 Å². The molecular formula is C24H47NO7. The van der Waals surface area contributed by atoms with Crippen molar-refractivity contribution in [2.45, 2.75) is 127 Å². The van der Waals surface area contributed by atoms with Gasteiger partial charge in [-0.1, -0.05) is 83.3 Å². The van der Waals surface area contributed by atoms with Gasteiger partial charge in [-0.05, 0) is 12.8 Å². The van der Waals surface area contributed by atoms with E-state index >= 15 is 0 Å². The normalized spacial score (nSPS) is 28.3. The second-order valence-electron chi connectivity index (χ2n) is 8.94. The number of ether oxygens (including phenoxy) is 2. The quantitative estimate of drug-likeness (QED) is 0.134. The molecule has 190 valence electrons. The van der Waals surface area contributed by atoms with Gasteiger partial charge in [-0.2, -0.15) is 0 Å². The maximum absolute atomic E-state index is 10.2. The molecule has 0 amide bonds. The Labute approximate surface area is 193 Å². The molecule has 1 aliphatic heterocycles. The molecule has 7 atom stereocenters. The highest BCUT2D eigenvalue weighted by Crippen LogP contribution is 2.22. The predicted octanol–water partition coefficient (Wildman–Crippen LogP) is 1.75. The number of unbranched alkanes of at least 4 members (excludes halogenated alkanes) is 11. The standard InChI is InChI=1S/C24H47NO7/c1-2-3-4-5-6-7-8-9-10-11-12-13-14-15-19(27)18(25)17-31-24-23(30)22(29)21(28)20(16-26)32-24/h14-15,18-24,26-30H,2-13,16-17,25H2,1H3/b15-14+/t18-,19+,20+,21+,22?,23+,24?/m0/s1. The number of aliphatic hydroxyl groups excluding tert-OH is 5. The molecule has 0 aromatic rings. The van der Waals surface area contributed by atoms with Gasteiger partial charge in [0.25, 0.3) is 0 Å². The molecule has 7 N–H and O–H groups in total. The van der Waals surface area contributed by atoms with Crippen molar-refractivity contribution in [1.29, 1.82) is 0 Å². The van der Waals surface area contributed by atoms with Crippen LogP contribution >= 0.6 is 0 Å². The summed E-state index contributed by atoms with van der Waals surface area (Å²) in [6.07, 6.45) is 11.1. The Morgan fingerprint density at radius 2 is 1.44 bits per heavy atom. The zero-order valence-corrected chi connectivity index (χ0v) is 19.7. The lowest BCUT2D eigenvalue weighted by atomic mass is 9.99. The zero-order chi connectivity index (χ0) is 23.8. The number of rotatable bonds is 18. The van der Waals surface area contributed by atoms with Crippen molar-refractivity contribution in [3.05, 3.63) is 12.2 Å². The molecule has 0 bridgehead atoms. The average molecular weight is 462 g/mol. The Bertz CT molecular complexity index is 477. The third-order valence-electron chi connectivity index (χ3n) is 6.05. The molecule has 1 rings (SSSR count). The molecule has 0 aromatic heterocycles. The molecule has 1 aliphatic rings. The van der Waals surface area contributed by atoms with Crippen LogP contribution in [0.15, 0.2) is 12.2 Å². The third-order valence-corrected chi connectivity index (χ3v) is 6.05. The van der Waals surface area contributed by atoms with Crippen LogP contribution in [0.1, 0.15) is 84.0 Å². The third kappa shape index (κ3) is 11.5. The van der Waals surface area contributed by atoms with Gasteiger partial charge in [0.15, 0.2) is 6.29 Å². The van der Waals surface area contributed by atoms with Crippen LogP contribution in [-0.2, 0) is 9.47 Å². The van der Waals surface area contributed by atoms with E-state index in [4.69, 9.17) is 15.2 Å². The molecule has 0 aromatic carbocycles. The number of aliphatic hydroxyl groups is 5. The van der Waals surface area contributed by atoms with Gasteiger partial charge in [0, 0.05) is 0 Å². The van der Waals surface area contributed by atoms with Gasteiger partial charge in [0.2, 0.25) is 0 Å². The van der Waals surface area contributed by atoms with Gasteiger partial charge in [0.05, 0.1) is 25.4 Å². The van der Waals surface area contributed by atoms with Crippen LogP contribution in [0.25, 0.3) is 0 Å². The van der Waals surface area contributed by atoms with Crippen molar-refractivity contribution < 1.29 is 35.0 Å². The number of allylic oxidation sites excluding steroid dienone is 1. The van der Waals surface area contributed by atoms with Crippen LogP contribution < -0.4 is 5.73 Å². The summed E-state index contributed by atoms with van der Waals surface area (Å²) in [5.74, 6) is 0. The average Bonchev–Trinajstić information content (AvgIpc) is 2.79. The van der Waals surface area contributed by atoms with Crippen LogP contribution in [0.5, 0.6) is 0 Å². The highest BCUT2D eigenvalue weighted by molar-refractivity contribution is 4.94. The van der Waals surface area contributed by atoms with Gasteiger partial charge in [-0.25, -0.2) is 0 Å². The van der Waals surface area contributed by atoms with Crippen molar-refractivity contribution in [1.82, 2.24) is 0 Å². The maximum atomic E-state index is 10.2. The van der Waals surface area contributed by atoms with Crippen LogP contribution in [0.3, 0.4) is 0 Å². The highest BCUT2D eigenvalue weighted by Gasteiger charge is 2.44. The van der Waals surface area contributed by atoms with E-state index in [-0.39, 0.29) is 6.61 Å². The Morgan fingerprint density at radius 3 is 2.00 bits per heavy atom. The SMILES string of the molecule is CCCCCCCCCCCCC/C=C/[C@@H](O)[C@@H](N)COC1O[C@H](CO)[C@@H](O)C(O)[C@H]1O. The minimum atomic E-state index is -1.50. The first-order valence-corrected chi connectivity index (χ1v) is 12.4. The number of hydrogen-bond acceptors (Lipinski definition) is 8. The Morgan fingerprint density at radius 1 is 0.875 bits per heavy atom. The lowest BCUT2D eigenvalue weighted by Gasteiger charge is -2.39. The number of nitrogens with two attached hydrogens (primary N) is 1. The van der Waals surface area contributed by atoms with E-state index < -0.39 is 49.5 Å². The molecule has 0 aliphatic carbocycles. The molecule has 8 heteroatoms. The maximum Gasteiger partial charge on any atom is 0.186 e. The molecule has 0 spiro atoms. The summed E-state index contributed by atoms with van der Waals surface area (Å²) in [6, 6.07) is -0.740. The molecule has 1 fully saturated rings. The van der Waals surface area contributed by atoms with Crippen LogP contribution in [0.2, 0.25) is 0 Å². The Kier molecular flexibility index (Phi) is 16.4. The summed E-state index contributed by atoms with van der Waals surface area (Å²) < 4.78 is 10.6. The number of hydrogen-bond donors (Lipinski definition) is 6. The molecule has 1 heterocycles. The lowest BCUT2D eigenvalue weighted by Crippen LogP contribution is -2.59. The van der Waals surface area contributed by atoms with Gasteiger partial charge in [0.1, 0.15) is 24.4 Å². The summed E-state index contributed by atoms with van der Waals surface area (Å²) in [5.41, 5.74) is 5.93. The van der Waals surface area contributed by atoms with Crippen molar-refractivity contribution in [3.8, 4) is 0 Å². The van der Waals surface area contributed by atoms with E-state index in [1.165, 1.54) is 64.2 Å². The fourth-order valence-electron chi connectivity index (χ4n) is 3.81. The van der Waals surface area contributed by atoms with Gasteiger partial charge in [-0.3, -0.25) is 0 Å². The molecule has 0 radical (unpaired) electrons. The van der Waals surface area contributed by atoms with Crippen molar-refractivity contribution in [2.75, 3.05) is 13.2 Å². The van der Waals surface area contributed by atoms with Crippen LogP contribution in [0.4, 0.5) is 0 Å². The largest absolute Gasteiger partial charge is 0.394 e. The summed E-state index contributed by atoms with van der Waals surface area (Å²) in [7, 11) is 0. The van der Waals surface area contributed by atoms with Crippen molar-refractivity contribution >= 4 is 0 Å². The lowest BCUT2D eigenvalue weighted by molar-refractivity contribution is -0.302. The smallest absolute Gasteiger partial charge is 0.186 e. The molecule has 0 saturated carbocycles. The second kappa shape index (κ2) is 17.8. The molecular weight excluding hydrogens is 414 g/mol. The van der Waals surface area contributed by atoms with Crippen molar-refractivity contribution in [2.24, 2.45) is 5.73 Å². The van der Waals surface area contributed by atoms with E-state index in [0.717, 1.165) is 12.8 Å². The predicted molar refractivity (Wildman–Crippen MR) is 124 cm³/mol. The fourth-order valence-corrected chi connectivity index (χ4v) is 3.81. The molecule has 8 nitrogen and oxygen atoms in total. The first kappa shape index (κ1) is 29.5.